The summed E-state index contributed by atoms with van der Waals surface area (Å²) < 4.78 is 0.851. The van der Waals surface area contributed by atoms with E-state index in [1.807, 2.05) is 26.0 Å². The van der Waals surface area contributed by atoms with Crippen LogP contribution in [0.25, 0.3) is 16.0 Å². The van der Waals surface area contributed by atoms with Crippen molar-refractivity contribution in [1.82, 2.24) is 4.98 Å². The fraction of sp³-hybridized carbons (Fsp3) is 0.115. The number of carbonyl (C=O) groups excluding carboxylic acids is 2. The Balaban J connectivity index is 1.73. The lowest BCUT2D eigenvalue weighted by Gasteiger charge is -2.22. The minimum atomic E-state index is -1.04. The Bertz CT molecular complexity index is 1590. The third-order valence-electron chi connectivity index (χ3n) is 6.01. The van der Waals surface area contributed by atoms with Gasteiger partial charge in [0.15, 0.2) is 5.13 Å². The van der Waals surface area contributed by atoms with E-state index in [0.717, 1.165) is 15.8 Å². The molecule has 1 aromatic heterocycles. The lowest BCUT2D eigenvalue weighted by atomic mass is 9.95. The van der Waals surface area contributed by atoms with Crippen LogP contribution in [-0.4, -0.2) is 26.7 Å². The fourth-order valence-electron chi connectivity index (χ4n) is 4.35. The number of fused-ring (bicyclic) bond motifs is 1. The van der Waals surface area contributed by atoms with E-state index in [1.165, 1.54) is 40.5 Å². The van der Waals surface area contributed by atoms with E-state index in [0.29, 0.717) is 26.8 Å². The molecular weight excluding hydrogens is 502 g/mol. The highest BCUT2D eigenvalue weighted by Crippen LogP contribution is 2.45. The first-order chi connectivity index (χ1) is 17.2. The van der Waals surface area contributed by atoms with Crippen molar-refractivity contribution >= 4 is 61.4 Å². The van der Waals surface area contributed by atoms with E-state index < -0.39 is 22.7 Å². The smallest absolute Gasteiger partial charge is 0.301 e. The van der Waals surface area contributed by atoms with Gasteiger partial charge in [0, 0.05) is 22.7 Å². The largest absolute Gasteiger partial charge is 0.507 e. The molecule has 10 heteroatoms. The molecule has 0 saturated carbocycles. The van der Waals surface area contributed by atoms with E-state index in [1.54, 1.807) is 24.3 Å². The van der Waals surface area contributed by atoms with Crippen molar-refractivity contribution in [3.05, 3.63) is 104 Å². The zero-order chi connectivity index (χ0) is 25.7. The van der Waals surface area contributed by atoms with Gasteiger partial charge in [0.2, 0.25) is 0 Å². The van der Waals surface area contributed by atoms with E-state index in [-0.39, 0.29) is 17.0 Å². The maximum absolute atomic E-state index is 13.4. The molecule has 1 saturated heterocycles. The molecule has 1 atom stereocenters. The van der Waals surface area contributed by atoms with Crippen LogP contribution < -0.4 is 4.90 Å². The summed E-state index contributed by atoms with van der Waals surface area (Å²) in [6.45, 7) is 3.88. The van der Waals surface area contributed by atoms with Crippen molar-refractivity contribution in [1.29, 1.82) is 0 Å². The van der Waals surface area contributed by atoms with Crippen LogP contribution in [0.5, 0.6) is 0 Å². The van der Waals surface area contributed by atoms with E-state index in [2.05, 4.69) is 4.98 Å². The average molecular weight is 520 g/mol. The summed E-state index contributed by atoms with van der Waals surface area (Å²) in [5.41, 5.74) is 3.12. The van der Waals surface area contributed by atoms with E-state index >= 15 is 0 Å². The normalized spacial score (nSPS) is 17.2. The van der Waals surface area contributed by atoms with Gasteiger partial charge in [-0.15, -0.1) is 0 Å². The number of anilines is 1. The molecule has 1 amide bonds. The van der Waals surface area contributed by atoms with Gasteiger partial charge in [-0.2, -0.15) is 0 Å². The molecule has 1 N–H and O–H groups in total. The van der Waals surface area contributed by atoms with Crippen molar-refractivity contribution in [2.24, 2.45) is 0 Å². The van der Waals surface area contributed by atoms with Gasteiger partial charge in [0.25, 0.3) is 11.5 Å². The predicted molar refractivity (Wildman–Crippen MR) is 138 cm³/mol. The number of aliphatic hydroxyl groups is 1. The third kappa shape index (κ3) is 3.92. The van der Waals surface area contributed by atoms with Crippen LogP contribution in [0.1, 0.15) is 28.3 Å². The Kier molecular flexibility index (Phi) is 5.82. The molecule has 36 heavy (non-hydrogen) atoms. The Morgan fingerprint density at radius 2 is 1.75 bits per heavy atom. The minimum Gasteiger partial charge on any atom is -0.507 e. The number of ketones is 1. The quantitative estimate of drug-likeness (QED) is 0.114. The summed E-state index contributed by atoms with van der Waals surface area (Å²) in [6.07, 6.45) is 0. The van der Waals surface area contributed by atoms with Crippen LogP contribution >= 0.6 is 22.9 Å². The molecule has 2 heterocycles. The van der Waals surface area contributed by atoms with Gasteiger partial charge in [-0.3, -0.25) is 24.6 Å². The molecule has 1 fully saturated rings. The number of Topliss-reactive ketones (excluding diaryl/α,β-unsaturated/α-hetero) is 1. The highest BCUT2D eigenvalue weighted by Gasteiger charge is 2.48. The average Bonchev–Trinajstić information content (AvgIpc) is 3.38. The standard InChI is InChI=1S/C26H18ClN3O5S/c1-13-11-14(2)21-19(12-13)36-26(28-21)29-22(15-5-9-18(10-6-15)30(34)35)20(24(32)25(29)33)23(31)16-3-7-17(27)8-4-16/h3-12,22,31H,1-2H3/t22-/m1/s1. The van der Waals surface area contributed by atoms with Gasteiger partial charge in [-0.1, -0.05) is 29.0 Å². The molecule has 8 nitrogen and oxygen atoms in total. The number of rotatable bonds is 4. The first kappa shape index (κ1) is 23.7. The number of nitrogens with zero attached hydrogens (tertiary/aromatic N) is 3. The van der Waals surface area contributed by atoms with Gasteiger partial charge in [-0.05, 0) is 73.0 Å². The fourth-order valence-corrected chi connectivity index (χ4v) is 5.64. The molecule has 180 valence electrons. The summed E-state index contributed by atoms with van der Waals surface area (Å²) >= 11 is 7.23. The SMILES string of the molecule is Cc1cc(C)c2nc(N3C(=O)C(=O)C(=C(O)c4ccc(Cl)cc4)[C@H]3c3ccc([N+](=O)[O-])cc3)sc2c1. The number of hydrogen-bond donors (Lipinski definition) is 1. The second-order valence-corrected chi connectivity index (χ2v) is 9.90. The number of aryl methyl sites for hydroxylation is 2. The van der Waals surface area contributed by atoms with Crippen molar-refractivity contribution in [2.75, 3.05) is 4.90 Å². The molecule has 1 aliphatic heterocycles. The van der Waals surface area contributed by atoms with Gasteiger partial charge in [0.05, 0.1) is 26.8 Å². The molecule has 1 aliphatic rings. The summed E-state index contributed by atoms with van der Waals surface area (Å²) in [5, 5.41) is 23.1. The van der Waals surface area contributed by atoms with Crippen LogP contribution in [0.15, 0.2) is 66.2 Å². The van der Waals surface area contributed by atoms with Gasteiger partial charge in [0.1, 0.15) is 5.76 Å². The number of aromatic nitrogens is 1. The zero-order valence-corrected chi connectivity index (χ0v) is 20.6. The Hall–Kier alpha value is -4.08. The molecule has 0 aliphatic carbocycles. The zero-order valence-electron chi connectivity index (χ0n) is 19.1. The molecule has 0 unspecified atom stereocenters. The number of hydrogen-bond acceptors (Lipinski definition) is 7. The van der Waals surface area contributed by atoms with Crippen LogP contribution in [0.4, 0.5) is 10.8 Å². The lowest BCUT2D eigenvalue weighted by Crippen LogP contribution is -2.29. The van der Waals surface area contributed by atoms with E-state index in [4.69, 9.17) is 11.6 Å². The van der Waals surface area contributed by atoms with Gasteiger partial charge >= 0.3 is 5.91 Å². The van der Waals surface area contributed by atoms with Gasteiger partial charge < -0.3 is 5.11 Å². The second-order valence-electron chi connectivity index (χ2n) is 8.45. The topological polar surface area (TPSA) is 114 Å². The molecule has 4 aromatic rings. The second kappa shape index (κ2) is 8.85. The number of amides is 1. The number of nitro groups is 1. The van der Waals surface area contributed by atoms with Crippen molar-refractivity contribution in [2.45, 2.75) is 19.9 Å². The molecule has 3 aromatic carbocycles. The Labute approximate surface area is 214 Å². The molecule has 5 rings (SSSR count). The highest BCUT2D eigenvalue weighted by atomic mass is 35.5. The molecular formula is C26H18ClN3O5S. The first-order valence-corrected chi connectivity index (χ1v) is 12.0. The number of carbonyl (C=O) groups is 2. The van der Waals surface area contributed by atoms with Crippen molar-refractivity contribution in [3.8, 4) is 0 Å². The highest BCUT2D eigenvalue weighted by molar-refractivity contribution is 7.22. The number of thiazole rings is 1. The summed E-state index contributed by atoms with van der Waals surface area (Å²) in [6, 6.07) is 14.6. The Morgan fingerprint density at radius 1 is 1.08 bits per heavy atom. The number of non-ortho nitro benzene ring substituents is 1. The number of nitro benzene ring substituents is 1. The monoisotopic (exact) mass is 519 g/mol. The number of halogens is 1. The van der Waals surface area contributed by atoms with Gasteiger partial charge in [-0.25, -0.2) is 4.98 Å². The lowest BCUT2D eigenvalue weighted by molar-refractivity contribution is -0.384. The van der Waals surface area contributed by atoms with Crippen molar-refractivity contribution < 1.29 is 19.6 Å². The van der Waals surface area contributed by atoms with Crippen LogP contribution in [0, 0.1) is 24.0 Å². The van der Waals surface area contributed by atoms with Crippen LogP contribution in [0.3, 0.4) is 0 Å². The van der Waals surface area contributed by atoms with Crippen molar-refractivity contribution in [3.63, 3.8) is 0 Å². The molecule has 0 spiro atoms. The summed E-state index contributed by atoms with van der Waals surface area (Å²) in [7, 11) is 0. The summed E-state index contributed by atoms with van der Waals surface area (Å²) in [4.78, 5) is 43.2. The maximum Gasteiger partial charge on any atom is 0.301 e. The third-order valence-corrected chi connectivity index (χ3v) is 7.26. The Morgan fingerprint density at radius 3 is 2.39 bits per heavy atom. The molecule has 0 bridgehead atoms. The van der Waals surface area contributed by atoms with E-state index in [9.17, 15) is 24.8 Å². The van der Waals surface area contributed by atoms with Crippen LogP contribution in [0.2, 0.25) is 5.02 Å². The number of benzene rings is 3. The number of aliphatic hydroxyl groups excluding tert-OH is 1. The molecule has 0 radical (unpaired) electrons. The van der Waals surface area contributed by atoms with Crippen LogP contribution in [-0.2, 0) is 9.59 Å². The maximum atomic E-state index is 13.4. The first-order valence-electron chi connectivity index (χ1n) is 10.8. The predicted octanol–water partition coefficient (Wildman–Crippen LogP) is 6.10. The minimum absolute atomic E-state index is 0.136. The summed E-state index contributed by atoms with van der Waals surface area (Å²) in [5.74, 6) is -2.09.